The molecule has 0 aliphatic carbocycles. The lowest BCUT2D eigenvalue weighted by Crippen LogP contribution is -2.08. The summed E-state index contributed by atoms with van der Waals surface area (Å²) in [5.74, 6) is 0.704. The summed E-state index contributed by atoms with van der Waals surface area (Å²) in [5, 5.41) is 9.44. The molecule has 0 unspecified atom stereocenters. The molecule has 0 radical (unpaired) electrons. The molecule has 0 saturated carbocycles. The standard InChI is InChI=1S/C27H15ClN2O5/c1-14-22(15-7-9-17(28)10-8-15)23(31)18-11-12-21-19(24(18)33-14)13-20(27(32)34-21)26-30-29-25(35-26)16-5-3-2-4-6-16/h2-13H,1H3. The molecule has 0 amide bonds. The average molecular weight is 483 g/mol. The summed E-state index contributed by atoms with van der Waals surface area (Å²) in [4.78, 5) is 26.2. The summed E-state index contributed by atoms with van der Waals surface area (Å²) in [6, 6.07) is 20.9. The first kappa shape index (κ1) is 21.1. The van der Waals surface area contributed by atoms with E-state index in [0.29, 0.717) is 38.3 Å². The minimum Gasteiger partial charge on any atom is -0.460 e. The molecule has 8 heteroatoms. The smallest absolute Gasteiger partial charge is 0.349 e. The van der Waals surface area contributed by atoms with E-state index in [1.807, 2.05) is 30.3 Å². The molecule has 0 fully saturated rings. The topological polar surface area (TPSA) is 99.3 Å². The van der Waals surface area contributed by atoms with Gasteiger partial charge in [0.1, 0.15) is 22.5 Å². The number of aryl methyl sites for hydroxylation is 1. The Hall–Kier alpha value is -4.49. The van der Waals surface area contributed by atoms with Crippen molar-refractivity contribution in [3.63, 3.8) is 0 Å². The van der Waals surface area contributed by atoms with Gasteiger partial charge < -0.3 is 13.3 Å². The van der Waals surface area contributed by atoms with Crippen molar-refractivity contribution in [2.45, 2.75) is 6.92 Å². The maximum Gasteiger partial charge on any atom is 0.349 e. The molecule has 0 aliphatic heterocycles. The average Bonchev–Trinajstić information content (AvgIpc) is 3.35. The fourth-order valence-electron chi connectivity index (χ4n) is 4.08. The van der Waals surface area contributed by atoms with Gasteiger partial charge in [0.05, 0.1) is 16.3 Å². The lowest BCUT2D eigenvalue weighted by atomic mass is 10.0. The van der Waals surface area contributed by atoms with Crippen LogP contribution in [-0.4, -0.2) is 10.2 Å². The van der Waals surface area contributed by atoms with Crippen molar-refractivity contribution in [1.29, 1.82) is 0 Å². The first-order valence-corrected chi connectivity index (χ1v) is 11.1. The van der Waals surface area contributed by atoms with E-state index in [1.54, 1.807) is 49.4 Å². The molecule has 170 valence electrons. The Bertz CT molecular complexity index is 1850. The van der Waals surface area contributed by atoms with Gasteiger partial charge in [-0.2, -0.15) is 0 Å². The Morgan fingerprint density at radius 1 is 0.743 bits per heavy atom. The quantitative estimate of drug-likeness (QED) is 0.217. The molecule has 3 aromatic heterocycles. The van der Waals surface area contributed by atoms with E-state index in [-0.39, 0.29) is 28.4 Å². The van der Waals surface area contributed by atoms with Crippen LogP contribution in [-0.2, 0) is 0 Å². The van der Waals surface area contributed by atoms with Crippen LogP contribution < -0.4 is 11.1 Å². The number of rotatable bonds is 3. The second-order valence-electron chi connectivity index (χ2n) is 7.95. The molecule has 0 N–H and O–H groups in total. The van der Waals surface area contributed by atoms with Gasteiger partial charge in [0.2, 0.25) is 11.3 Å². The van der Waals surface area contributed by atoms with Gasteiger partial charge in [-0.3, -0.25) is 4.79 Å². The van der Waals surface area contributed by atoms with Crippen molar-refractivity contribution in [3.8, 4) is 34.0 Å². The second-order valence-corrected chi connectivity index (χ2v) is 8.39. The van der Waals surface area contributed by atoms with Gasteiger partial charge in [-0.25, -0.2) is 4.79 Å². The monoisotopic (exact) mass is 482 g/mol. The zero-order valence-electron chi connectivity index (χ0n) is 18.2. The first-order chi connectivity index (χ1) is 17.0. The predicted molar refractivity (Wildman–Crippen MR) is 132 cm³/mol. The van der Waals surface area contributed by atoms with Crippen molar-refractivity contribution >= 4 is 33.5 Å². The lowest BCUT2D eigenvalue weighted by Gasteiger charge is -2.09. The van der Waals surface area contributed by atoms with E-state index in [0.717, 1.165) is 5.56 Å². The number of nitrogens with zero attached hydrogens (tertiary/aromatic N) is 2. The third-order valence-electron chi connectivity index (χ3n) is 5.76. The van der Waals surface area contributed by atoms with Crippen LogP contribution in [0.25, 0.3) is 56.0 Å². The molecule has 0 bridgehead atoms. The fourth-order valence-corrected chi connectivity index (χ4v) is 4.21. The number of hydrogen-bond acceptors (Lipinski definition) is 7. The van der Waals surface area contributed by atoms with E-state index in [1.165, 1.54) is 0 Å². The van der Waals surface area contributed by atoms with Gasteiger partial charge in [0.25, 0.3) is 5.89 Å². The summed E-state index contributed by atoms with van der Waals surface area (Å²) in [5.41, 5.74) is 1.66. The van der Waals surface area contributed by atoms with E-state index in [2.05, 4.69) is 10.2 Å². The summed E-state index contributed by atoms with van der Waals surface area (Å²) in [7, 11) is 0. The maximum absolute atomic E-state index is 13.4. The molecule has 3 heterocycles. The van der Waals surface area contributed by atoms with Crippen LogP contribution in [0, 0.1) is 6.92 Å². The molecule has 6 rings (SSSR count). The van der Waals surface area contributed by atoms with Crippen molar-refractivity contribution in [2.24, 2.45) is 0 Å². The molecule has 35 heavy (non-hydrogen) atoms. The molecule has 0 atom stereocenters. The van der Waals surface area contributed by atoms with E-state index < -0.39 is 5.63 Å². The highest BCUT2D eigenvalue weighted by atomic mass is 35.5. The number of benzene rings is 3. The van der Waals surface area contributed by atoms with Crippen LogP contribution in [0.4, 0.5) is 0 Å². The second kappa shape index (κ2) is 8.07. The first-order valence-electron chi connectivity index (χ1n) is 10.7. The molecule has 7 nitrogen and oxygen atoms in total. The lowest BCUT2D eigenvalue weighted by molar-refractivity contribution is 0.544. The van der Waals surface area contributed by atoms with Gasteiger partial charge in [-0.05, 0) is 55.0 Å². The number of fused-ring (bicyclic) bond motifs is 3. The van der Waals surface area contributed by atoms with Gasteiger partial charge in [0, 0.05) is 10.6 Å². The van der Waals surface area contributed by atoms with Gasteiger partial charge in [0.15, 0.2) is 0 Å². The molecule has 0 saturated heterocycles. The Kier molecular flexibility index (Phi) is 4.86. The highest BCUT2D eigenvalue weighted by Crippen LogP contribution is 2.31. The molecule has 0 aliphatic rings. The largest absolute Gasteiger partial charge is 0.460 e. The van der Waals surface area contributed by atoms with Crippen molar-refractivity contribution in [2.75, 3.05) is 0 Å². The third kappa shape index (κ3) is 3.53. The fraction of sp³-hybridized carbons (Fsp3) is 0.0370. The van der Waals surface area contributed by atoms with Gasteiger partial charge >= 0.3 is 5.63 Å². The van der Waals surface area contributed by atoms with Crippen LogP contribution in [0.2, 0.25) is 5.02 Å². The normalized spacial score (nSPS) is 11.4. The highest BCUT2D eigenvalue weighted by molar-refractivity contribution is 6.30. The van der Waals surface area contributed by atoms with Crippen molar-refractivity contribution in [3.05, 3.63) is 104 Å². The Morgan fingerprint density at radius 2 is 1.49 bits per heavy atom. The molecular formula is C27H15ClN2O5. The van der Waals surface area contributed by atoms with E-state index >= 15 is 0 Å². The summed E-state index contributed by atoms with van der Waals surface area (Å²) < 4.78 is 17.4. The van der Waals surface area contributed by atoms with Crippen LogP contribution in [0.3, 0.4) is 0 Å². The van der Waals surface area contributed by atoms with Gasteiger partial charge in [-0.1, -0.05) is 41.9 Å². The van der Waals surface area contributed by atoms with Gasteiger partial charge in [-0.15, -0.1) is 10.2 Å². The third-order valence-corrected chi connectivity index (χ3v) is 6.01. The van der Waals surface area contributed by atoms with E-state index in [4.69, 9.17) is 24.9 Å². The van der Waals surface area contributed by atoms with Crippen molar-refractivity contribution < 1.29 is 13.3 Å². The summed E-state index contributed by atoms with van der Waals surface area (Å²) in [6.45, 7) is 1.72. The highest BCUT2D eigenvalue weighted by Gasteiger charge is 2.20. The number of aromatic nitrogens is 2. The maximum atomic E-state index is 13.4. The van der Waals surface area contributed by atoms with Crippen LogP contribution in [0.5, 0.6) is 0 Å². The van der Waals surface area contributed by atoms with Crippen LogP contribution in [0.1, 0.15) is 5.76 Å². The predicted octanol–water partition coefficient (Wildman–Crippen LogP) is 6.25. The summed E-state index contributed by atoms with van der Waals surface area (Å²) in [6.07, 6.45) is 0. The molecule has 3 aromatic carbocycles. The minimum absolute atomic E-state index is 0.00774. The zero-order valence-corrected chi connectivity index (χ0v) is 19.0. The van der Waals surface area contributed by atoms with Crippen molar-refractivity contribution in [1.82, 2.24) is 10.2 Å². The number of hydrogen-bond donors (Lipinski definition) is 0. The van der Waals surface area contributed by atoms with E-state index in [9.17, 15) is 9.59 Å². The molecular weight excluding hydrogens is 468 g/mol. The Balaban J connectivity index is 1.55. The Labute approximate surface area is 202 Å². The zero-order chi connectivity index (χ0) is 24.1. The minimum atomic E-state index is -0.642. The Morgan fingerprint density at radius 3 is 2.26 bits per heavy atom. The van der Waals surface area contributed by atoms with Crippen LogP contribution >= 0.6 is 11.6 Å². The SMILES string of the molecule is Cc1oc2c(ccc3oc(=O)c(-c4nnc(-c5ccccc5)o4)cc32)c(=O)c1-c1ccc(Cl)cc1. The number of halogens is 1. The molecule has 0 spiro atoms. The van der Waals surface area contributed by atoms with Crippen LogP contribution in [0.15, 0.2) is 95.6 Å². The summed E-state index contributed by atoms with van der Waals surface area (Å²) >= 11 is 6.00. The molecule has 6 aromatic rings.